The van der Waals surface area contributed by atoms with Gasteiger partial charge in [0.05, 0.1) is 27.6 Å². The van der Waals surface area contributed by atoms with Gasteiger partial charge in [-0.2, -0.15) is 5.10 Å². The van der Waals surface area contributed by atoms with Gasteiger partial charge in [0.1, 0.15) is 5.82 Å². The van der Waals surface area contributed by atoms with Gasteiger partial charge >= 0.3 is 0 Å². The van der Waals surface area contributed by atoms with Gasteiger partial charge in [-0.15, -0.1) is 0 Å². The second-order valence-corrected chi connectivity index (χ2v) is 5.85. The molecule has 2 aromatic carbocycles. The van der Waals surface area contributed by atoms with Crippen LogP contribution >= 0.6 is 12.2 Å². The highest BCUT2D eigenvalue weighted by molar-refractivity contribution is 7.80. The Kier molecular flexibility index (Phi) is 5.18. The molecule has 3 aromatic rings. The number of aromatic nitrogens is 2. The molecule has 0 aliphatic rings. The summed E-state index contributed by atoms with van der Waals surface area (Å²) in [6.07, 6.45) is 1.28. The molecule has 1 heterocycles. The van der Waals surface area contributed by atoms with Crippen LogP contribution in [0.3, 0.4) is 0 Å². The van der Waals surface area contributed by atoms with Gasteiger partial charge in [0.2, 0.25) is 5.11 Å². The summed E-state index contributed by atoms with van der Waals surface area (Å²) in [6.45, 7) is 1.67. The van der Waals surface area contributed by atoms with Crippen molar-refractivity contribution >= 4 is 40.1 Å². The third-order valence-corrected chi connectivity index (χ3v) is 3.84. The van der Waals surface area contributed by atoms with Crippen LogP contribution in [-0.2, 0) is 0 Å². The van der Waals surface area contributed by atoms with Crippen molar-refractivity contribution in [2.75, 3.05) is 5.43 Å². The van der Waals surface area contributed by atoms with Crippen molar-refractivity contribution in [3.63, 3.8) is 0 Å². The summed E-state index contributed by atoms with van der Waals surface area (Å²) in [7, 11) is 0. The lowest BCUT2D eigenvalue weighted by atomic mass is 10.2. The lowest BCUT2D eigenvalue weighted by Gasteiger charge is -2.13. The molecule has 27 heavy (non-hydrogen) atoms. The van der Waals surface area contributed by atoms with Gasteiger partial charge < -0.3 is 0 Å². The first-order valence-electron chi connectivity index (χ1n) is 7.79. The number of thiocarbonyl (C=S) groups is 1. The monoisotopic (exact) mass is 382 g/mol. The second kappa shape index (κ2) is 7.70. The van der Waals surface area contributed by atoms with E-state index in [1.54, 1.807) is 49.4 Å². The van der Waals surface area contributed by atoms with E-state index in [1.807, 2.05) is 0 Å². The fourth-order valence-corrected chi connectivity index (χ4v) is 2.57. The number of para-hydroxylation sites is 2. The quantitative estimate of drug-likeness (QED) is 0.307. The molecule has 0 aliphatic carbocycles. The maximum absolute atomic E-state index is 12.6. The first-order chi connectivity index (χ1) is 13.0. The average Bonchev–Trinajstić information content (AvgIpc) is 2.65. The van der Waals surface area contributed by atoms with Gasteiger partial charge in [-0.25, -0.2) is 9.66 Å². The van der Waals surface area contributed by atoms with E-state index in [0.717, 1.165) is 0 Å². The highest BCUT2D eigenvalue weighted by atomic mass is 32.1. The van der Waals surface area contributed by atoms with E-state index in [1.165, 1.54) is 17.0 Å². The molecule has 0 atom stereocenters. The van der Waals surface area contributed by atoms with Crippen molar-refractivity contribution in [1.82, 2.24) is 15.1 Å². The Morgan fingerprint density at radius 1 is 1.26 bits per heavy atom. The Hall–Kier alpha value is -3.66. The van der Waals surface area contributed by atoms with Crippen molar-refractivity contribution in [3.8, 4) is 0 Å². The van der Waals surface area contributed by atoms with E-state index < -0.39 is 4.92 Å². The van der Waals surface area contributed by atoms with Crippen molar-refractivity contribution in [3.05, 3.63) is 80.4 Å². The molecular formula is C17H14N6O3S. The molecular weight excluding hydrogens is 368 g/mol. The van der Waals surface area contributed by atoms with Crippen LogP contribution in [-0.4, -0.2) is 25.9 Å². The number of hydrogen-bond acceptors (Lipinski definition) is 6. The summed E-state index contributed by atoms with van der Waals surface area (Å²) in [6, 6.07) is 13.1. The number of nitrogens with zero attached hydrogens (tertiary/aromatic N) is 4. The van der Waals surface area contributed by atoms with Gasteiger partial charge in [0.15, 0.2) is 0 Å². The summed E-state index contributed by atoms with van der Waals surface area (Å²) in [5.74, 6) is 0.422. The molecule has 0 unspecified atom stereocenters. The summed E-state index contributed by atoms with van der Waals surface area (Å²) in [4.78, 5) is 27.4. The Bertz CT molecular complexity index is 1130. The molecule has 136 valence electrons. The Labute approximate surface area is 158 Å². The lowest BCUT2D eigenvalue weighted by molar-refractivity contribution is -0.385. The van der Waals surface area contributed by atoms with Gasteiger partial charge in [0.25, 0.3) is 11.2 Å². The molecule has 0 amide bonds. The molecule has 2 N–H and O–H groups in total. The van der Waals surface area contributed by atoms with Crippen molar-refractivity contribution in [2.24, 2.45) is 5.10 Å². The number of nitro groups is 1. The minimum Gasteiger partial charge on any atom is -0.267 e. The SMILES string of the molecule is Cc1nc2ccccc2c(=O)n1NC(=S)N/N=C/c1ccccc1[N+](=O)[O-]. The number of benzene rings is 2. The van der Waals surface area contributed by atoms with Crippen molar-refractivity contribution < 1.29 is 4.92 Å². The van der Waals surface area contributed by atoms with E-state index in [2.05, 4.69) is 20.9 Å². The molecule has 0 spiro atoms. The highest BCUT2D eigenvalue weighted by Crippen LogP contribution is 2.15. The summed E-state index contributed by atoms with van der Waals surface area (Å²) in [5, 5.41) is 15.3. The van der Waals surface area contributed by atoms with Crippen LogP contribution in [0, 0.1) is 17.0 Å². The molecule has 0 aliphatic heterocycles. The zero-order chi connectivity index (χ0) is 19.4. The van der Waals surface area contributed by atoms with Crippen LogP contribution in [0.25, 0.3) is 10.9 Å². The first kappa shape index (κ1) is 18.1. The largest absolute Gasteiger partial charge is 0.280 e. The van der Waals surface area contributed by atoms with Crippen LogP contribution in [0.5, 0.6) is 0 Å². The number of aryl methyl sites for hydroxylation is 1. The molecule has 0 saturated heterocycles. The maximum Gasteiger partial charge on any atom is 0.280 e. The molecule has 1 aromatic heterocycles. The number of fused-ring (bicyclic) bond motifs is 1. The average molecular weight is 382 g/mol. The van der Waals surface area contributed by atoms with E-state index in [-0.39, 0.29) is 16.4 Å². The first-order valence-corrected chi connectivity index (χ1v) is 8.20. The normalized spacial score (nSPS) is 10.9. The zero-order valence-corrected chi connectivity index (χ0v) is 14.9. The maximum atomic E-state index is 12.6. The second-order valence-electron chi connectivity index (χ2n) is 5.44. The van der Waals surface area contributed by atoms with Crippen molar-refractivity contribution in [2.45, 2.75) is 6.92 Å². The molecule has 0 saturated carbocycles. The Morgan fingerprint density at radius 2 is 1.96 bits per heavy atom. The van der Waals surface area contributed by atoms with Crippen LogP contribution < -0.4 is 16.4 Å². The Morgan fingerprint density at radius 3 is 2.74 bits per heavy atom. The van der Waals surface area contributed by atoms with E-state index in [0.29, 0.717) is 22.3 Å². The third kappa shape index (κ3) is 3.96. The summed E-state index contributed by atoms with van der Waals surface area (Å²) >= 11 is 5.12. The van der Waals surface area contributed by atoms with Crippen LogP contribution in [0.2, 0.25) is 0 Å². The van der Waals surface area contributed by atoms with Gasteiger partial charge in [-0.05, 0) is 37.3 Å². The number of nitrogens with one attached hydrogen (secondary N) is 2. The molecule has 3 rings (SSSR count). The zero-order valence-electron chi connectivity index (χ0n) is 14.1. The standard InChI is InChI=1S/C17H14N6O3S/c1-11-19-14-8-4-3-7-13(14)16(24)22(11)21-17(27)20-18-10-12-6-2-5-9-15(12)23(25)26/h2-10H,1H3,(H2,20,21,27)/b18-10+. The highest BCUT2D eigenvalue weighted by Gasteiger charge is 2.10. The van der Waals surface area contributed by atoms with Gasteiger partial charge in [-0.3, -0.25) is 25.8 Å². The van der Waals surface area contributed by atoms with E-state index in [9.17, 15) is 14.9 Å². The third-order valence-electron chi connectivity index (χ3n) is 3.66. The van der Waals surface area contributed by atoms with Crippen LogP contribution in [0.4, 0.5) is 5.69 Å². The molecule has 0 bridgehead atoms. The number of hydrogen-bond donors (Lipinski definition) is 2. The number of nitro benzene ring substituents is 1. The summed E-state index contributed by atoms with van der Waals surface area (Å²) in [5.41, 5.74) is 5.77. The van der Waals surface area contributed by atoms with Crippen LogP contribution in [0.15, 0.2) is 58.4 Å². The van der Waals surface area contributed by atoms with Crippen molar-refractivity contribution in [1.29, 1.82) is 0 Å². The minimum absolute atomic E-state index is 0.0344. The molecule has 9 nitrogen and oxygen atoms in total. The number of hydrazone groups is 1. The van der Waals surface area contributed by atoms with Gasteiger partial charge in [-0.1, -0.05) is 24.3 Å². The molecule has 0 radical (unpaired) electrons. The van der Waals surface area contributed by atoms with Crippen LogP contribution in [0.1, 0.15) is 11.4 Å². The fourth-order valence-electron chi connectivity index (χ4n) is 2.43. The number of rotatable bonds is 4. The fraction of sp³-hybridized carbons (Fsp3) is 0.0588. The summed E-state index contributed by atoms with van der Waals surface area (Å²) < 4.78 is 1.21. The van der Waals surface area contributed by atoms with E-state index >= 15 is 0 Å². The minimum atomic E-state index is -0.498. The lowest BCUT2D eigenvalue weighted by Crippen LogP contribution is -2.39. The topological polar surface area (TPSA) is 114 Å². The smallest absolute Gasteiger partial charge is 0.267 e. The molecule has 0 fully saturated rings. The predicted octanol–water partition coefficient (Wildman–Crippen LogP) is 2.07. The predicted molar refractivity (Wildman–Crippen MR) is 107 cm³/mol. The van der Waals surface area contributed by atoms with E-state index in [4.69, 9.17) is 12.2 Å². The molecule has 10 heteroatoms. The Balaban J connectivity index is 1.77. The van der Waals surface area contributed by atoms with Gasteiger partial charge in [0, 0.05) is 6.07 Å².